The lowest BCUT2D eigenvalue weighted by Crippen LogP contribution is -2.29. The largest absolute Gasteiger partial charge is 0.628 e. The minimum absolute atomic E-state index is 0.228. The van der Waals surface area contributed by atoms with Crippen molar-refractivity contribution in [3.8, 4) is 0 Å². The smallest absolute Gasteiger partial charge is 0.313 e. The Hall–Kier alpha value is 0.960. The summed E-state index contributed by atoms with van der Waals surface area (Å²) in [5.74, 6) is 0. The van der Waals surface area contributed by atoms with E-state index in [1.54, 1.807) is 0 Å². The van der Waals surface area contributed by atoms with Gasteiger partial charge in [0.25, 0.3) is 4.52 Å². The zero-order valence-corrected chi connectivity index (χ0v) is 7.77. The van der Waals surface area contributed by atoms with Crippen LogP contribution in [0.15, 0.2) is 0 Å². The molecule has 10 heavy (non-hydrogen) atoms. The first-order valence-corrected chi connectivity index (χ1v) is 4.94. The molecule has 0 aromatic carbocycles. The number of halogens is 3. The van der Waals surface area contributed by atoms with Gasteiger partial charge in [-0.25, -0.2) is 0 Å². The summed E-state index contributed by atoms with van der Waals surface area (Å²) in [5, 5.41) is 0.633. The van der Waals surface area contributed by atoms with Gasteiger partial charge in [0.15, 0.2) is 5.29 Å². The van der Waals surface area contributed by atoms with Crippen LogP contribution in [0.3, 0.4) is 0 Å². The Morgan fingerprint density at radius 2 is 2.10 bits per heavy atom. The third-order valence-corrected chi connectivity index (χ3v) is 5.84. The molecule has 1 fully saturated rings. The molecule has 2 heterocycles. The number of ether oxygens (including phenoxy) is 1. The molecule has 0 radical (unpaired) electrons. The molecule has 0 aliphatic carbocycles. The third-order valence-electron chi connectivity index (χ3n) is 1.63. The van der Waals surface area contributed by atoms with Crippen molar-refractivity contribution in [1.82, 2.24) is 0 Å². The predicted octanol–water partition coefficient (Wildman–Crippen LogP) is 1.03. The average molecular weight is 219 g/mol. The van der Waals surface area contributed by atoms with Crippen LogP contribution in [0, 0.1) is 0 Å². The van der Waals surface area contributed by atoms with Gasteiger partial charge in [-0.2, -0.15) is 0 Å². The van der Waals surface area contributed by atoms with Crippen molar-refractivity contribution < 1.29 is 9.63 Å². The van der Waals surface area contributed by atoms with Gasteiger partial charge >= 0.3 is 4.62 Å². The van der Waals surface area contributed by atoms with Gasteiger partial charge in [-0.15, -0.1) is 0 Å². The van der Waals surface area contributed by atoms with Gasteiger partial charge in [-0.3, -0.25) is 0 Å². The van der Waals surface area contributed by atoms with Gasteiger partial charge < -0.3 is 9.63 Å². The van der Waals surface area contributed by atoms with Crippen molar-refractivity contribution in [2.24, 2.45) is 0 Å². The maximum atomic E-state index is 11.0. The molecular formula is C4H2Cl3O2P. The van der Waals surface area contributed by atoms with Crippen molar-refractivity contribution in [3.05, 3.63) is 0 Å². The fourth-order valence-electron chi connectivity index (χ4n) is 0.946. The Morgan fingerprint density at radius 3 is 2.30 bits per heavy atom. The molecular weight excluding hydrogens is 217 g/mol. The molecule has 6 heteroatoms. The highest BCUT2D eigenvalue weighted by Gasteiger charge is 2.79. The highest BCUT2D eigenvalue weighted by molar-refractivity contribution is 7.70. The summed E-state index contributed by atoms with van der Waals surface area (Å²) >= 11 is 17.0. The number of hydrogen-bond acceptors (Lipinski definition) is 2. The molecule has 0 N–H and O–H groups in total. The van der Waals surface area contributed by atoms with Gasteiger partial charge in [0.05, 0.1) is 7.77 Å². The number of hydrogen-bond donors (Lipinski definition) is 0. The van der Waals surface area contributed by atoms with Gasteiger partial charge in [0.1, 0.15) is 6.61 Å². The molecule has 2 nitrogen and oxygen atoms in total. The summed E-state index contributed by atoms with van der Waals surface area (Å²) in [7, 11) is -1.54. The number of rotatable bonds is 0. The summed E-state index contributed by atoms with van der Waals surface area (Å²) in [6.07, 6.45) is 0. The van der Waals surface area contributed by atoms with Gasteiger partial charge in [0.2, 0.25) is 0 Å². The first-order valence-electron chi connectivity index (χ1n) is 2.54. The maximum Gasteiger partial charge on any atom is 0.313 e. The van der Waals surface area contributed by atoms with E-state index in [9.17, 15) is 4.89 Å². The average Bonchev–Trinajstić information content (AvgIpc) is 2.24. The monoisotopic (exact) mass is 218 g/mol. The van der Waals surface area contributed by atoms with Crippen molar-refractivity contribution in [1.29, 1.82) is 0 Å². The van der Waals surface area contributed by atoms with Crippen LogP contribution in [-0.2, 0) is 4.74 Å². The minimum atomic E-state index is -1.54. The summed E-state index contributed by atoms with van der Waals surface area (Å²) in [4.78, 5) is 11.0. The van der Waals surface area contributed by atoms with Crippen molar-refractivity contribution in [2.45, 2.75) is 9.13 Å². The second-order valence-electron chi connectivity index (χ2n) is 2.17. The first-order chi connectivity index (χ1) is 4.50. The second kappa shape index (κ2) is 1.82. The van der Waals surface area contributed by atoms with Crippen LogP contribution in [0.2, 0.25) is 0 Å². The standard InChI is InChI=1S/C4H2Cl3O2P/c5-3-2(10(3)8)1-9-4(3,6)7/h1H2. The molecule has 0 aromatic heterocycles. The molecule has 2 rings (SSSR count). The van der Waals surface area contributed by atoms with E-state index in [0.29, 0.717) is 5.29 Å². The van der Waals surface area contributed by atoms with Crippen LogP contribution in [0.5, 0.6) is 0 Å². The lowest BCUT2D eigenvalue weighted by Gasteiger charge is -2.15. The van der Waals surface area contributed by atoms with E-state index < -0.39 is 16.9 Å². The van der Waals surface area contributed by atoms with Gasteiger partial charge in [-0.1, -0.05) is 34.8 Å². The van der Waals surface area contributed by atoms with Crippen LogP contribution in [0.1, 0.15) is 0 Å². The molecule has 0 saturated carbocycles. The highest BCUT2D eigenvalue weighted by atomic mass is 35.5. The lowest BCUT2D eigenvalue weighted by atomic mass is 10.4. The molecule has 0 spiro atoms. The minimum Gasteiger partial charge on any atom is -0.628 e. The van der Waals surface area contributed by atoms with E-state index in [1.165, 1.54) is 0 Å². The van der Waals surface area contributed by atoms with Crippen molar-refractivity contribution in [3.63, 3.8) is 0 Å². The summed E-state index contributed by atoms with van der Waals surface area (Å²) < 4.78 is 2.30. The normalized spacial score (nSPS) is 45.6. The van der Waals surface area contributed by atoms with Crippen LogP contribution in [-0.4, -0.2) is 21.0 Å². The zero-order chi connectivity index (χ0) is 7.57. The fourth-order valence-corrected chi connectivity index (χ4v) is 3.72. The quantitative estimate of drug-likeness (QED) is 0.450. The molecule has 56 valence electrons. The number of fused-ring (bicyclic) bond motifs is 1. The molecule has 0 bridgehead atoms. The van der Waals surface area contributed by atoms with E-state index in [2.05, 4.69) is 0 Å². The first kappa shape index (κ1) is 7.60. The van der Waals surface area contributed by atoms with E-state index in [0.717, 1.165) is 0 Å². The Kier molecular flexibility index (Phi) is 1.38. The van der Waals surface area contributed by atoms with Crippen LogP contribution < -0.4 is 4.89 Å². The van der Waals surface area contributed by atoms with Crippen LogP contribution in [0.4, 0.5) is 0 Å². The molecule has 2 aliphatic rings. The predicted molar refractivity (Wildman–Crippen MR) is 40.9 cm³/mol. The van der Waals surface area contributed by atoms with Crippen molar-refractivity contribution >= 4 is 47.9 Å². The number of alkyl halides is 3. The Bertz CT molecular complexity index is 239. The SMILES string of the molecule is [O-][P+]1=C2COC(Cl)(Cl)C21Cl. The Morgan fingerprint density at radius 1 is 1.50 bits per heavy atom. The topological polar surface area (TPSA) is 32.3 Å². The van der Waals surface area contributed by atoms with Crippen LogP contribution >= 0.6 is 42.6 Å². The molecule has 2 unspecified atom stereocenters. The van der Waals surface area contributed by atoms with Crippen LogP contribution in [0.25, 0.3) is 0 Å². The van der Waals surface area contributed by atoms with Gasteiger partial charge in [-0.05, 0) is 0 Å². The summed E-state index contributed by atoms with van der Waals surface area (Å²) in [6, 6.07) is 0. The Labute approximate surface area is 73.5 Å². The Balaban J connectivity index is 2.37. The van der Waals surface area contributed by atoms with E-state index >= 15 is 0 Å². The zero-order valence-electron chi connectivity index (χ0n) is 4.60. The molecule has 2 aliphatic heterocycles. The van der Waals surface area contributed by atoms with Crippen molar-refractivity contribution in [2.75, 3.05) is 6.61 Å². The summed E-state index contributed by atoms with van der Waals surface area (Å²) in [5.41, 5.74) is 0. The molecule has 1 saturated heterocycles. The third kappa shape index (κ3) is 0.632. The molecule has 0 aromatic rings. The molecule has 2 atom stereocenters. The maximum absolute atomic E-state index is 11.0. The van der Waals surface area contributed by atoms with E-state index in [-0.39, 0.29) is 6.61 Å². The fraction of sp³-hybridized carbons (Fsp3) is 0.750. The molecule has 0 amide bonds. The summed E-state index contributed by atoms with van der Waals surface area (Å²) in [6.45, 7) is 0.228. The van der Waals surface area contributed by atoms with E-state index in [4.69, 9.17) is 39.5 Å². The van der Waals surface area contributed by atoms with E-state index in [1.807, 2.05) is 0 Å². The highest BCUT2D eigenvalue weighted by Crippen LogP contribution is 2.69. The lowest BCUT2D eigenvalue weighted by molar-refractivity contribution is -0.153. The second-order valence-corrected chi connectivity index (χ2v) is 6.06. The van der Waals surface area contributed by atoms with Gasteiger partial charge in [0, 0.05) is 0 Å².